The number of esters is 1. The Morgan fingerprint density at radius 1 is 1.29 bits per heavy atom. The summed E-state index contributed by atoms with van der Waals surface area (Å²) in [5, 5.41) is 0. The molecule has 0 aliphatic carbocycles. The molecule has 8 heteroatoms. The largest absolute Gasteiger partial charge is 0.497 e. The fourth-order valence-electron chi connectivity index (χ4n) is 1.77. The van der Waals surface area contributed by atoms with Gasteiger partial charge in [-0.25, -0.2) is 9.10 Å². The van der Waals surface area contributed by atoms with Crippen molar-refractivity contribution in [2.75, 3.05) is 21.3 Å². The molecule has 0 N–H and O–H groups in total. The predicted octanol–water partition coefficient (Wildman–Crippen LogP) is 0.731. The van der Waals surface area contributed by atoms with Crippen molar-refractivity contribution in [2.45, 2.75) is 0 Å². The molecule has 0 radical (unpaired) electrons. The van der Waals surface area contributed by atoms with Crippen molar-refractivity contribution in [3.05, 3.63) is 41.6 Å². The molecule has 0 aromatic heterocycles. The van der Waals surface area contributed by atoms with E-state index in [4.69, 9.17) is 4.74 Å². The van der Waals surface area contributed by atoms with E-state index >= 15 is 0 Å². The molecule has 1 aliphatic heterocycles. The lowest BCUT2D eigenvalue weighted by Gasteiger charge is -2.22. The van der Waals surface area contributed by atoms with Gasteiger partial charge in [0.15, 0.2) is 0 Å². The van der Waals surface area contributed by atoms with Crippen LogP contribution in [-0.4, -0.2) is 45.7 Å². The number of carbonyl (C=O) groups is 1. The van der Waals surface area contributed by atoms with Gasteiger partial charge in [-0.05, 0) is 18.2 Å². The third-order valence-electron chi connectivity index (χ3n) is 2.93. The Hall–Kier alpha value is -2.35. The first-order valence-electron chi connectivity index (χ1n) is 5.92. The van der Waals surface area contributed by atoms with Gasteiger partial charge in [0.1, 0.15) is 11.4 Å². The molecule has 0 fully saturated rings. The van der Waals surface area contributed by atoms with Crippen molar-refractivity contribution in [1.29, 1.82) is 0 Å². The highest BCUT2D eigenvalue weighted by Gasteiger charge is 2.30. The van der Waals surface area contributed by atoms with E-state index in [0.717, 1.165) is 4.31 Å². The standard InChI is InChI=1S/C13H14N2O5S/c1-15-12(13(16)20-3)8-11(14-21(15,17)18)9-5-4-6-10(7-9)19-2/h4-8H,1-3H3. The first kappa shape index (κ1) is 15.0. The molecule has 7 nitrogen and oxygen atoms in total. The van der Waals surface area contributed by atoms with E-state index in [1.165, 1.54) is 27.3 Å². The van der Waals surface area contributed by atoms with E-state index in [9.17, 15) is 13.2 Å². The maximum Gasteiger partial charge on any atom is 0.355 e. The Labute approximate surface area is 122 Å². The Morgan fingerprint density at radius 3 is 2.62 bits per heavy atom. The van der Waals surface area contributed by atoms with Crippen molar-refractivity contribution in [1.82, 2.24) is 4.31 Å². The normalized spacial score (nSPS) is 16.8. The highest BCUT2D eigenvalue weighted by atomic mass is 32.2. The van der Waals surface area contributed by atoms with Crippen molar-refractivity contribution in [3.8, 4) is 5.75 Å². The minimum absolute atomic E-state index is 0.106. The molecule has 0 amide bonds. The Balaban J connectivity index is 2.56. The quantitative estimate of drug-likeness (QED) is 0.768. The third-order valence-corrected chi connectivity index (χ3v) is 4.25. The summed E-state index contributed by atoms with van der Waals surface area (Å²) < 4.78 is 38.2. The van der Waals surface area contributed by atoms with Gasteiger partial charge in [0.05, 0.1) is 19.9 Å². The zero-order valence-corrected chi connectivity index (χ0v) is 12.5. The number of likely N-dealkylation sites (N-methyl/N-ethyl adjacent to an activating group) is 1. The number of hydrogen-bond acceptors (Lipinski definition) is 5. The molecule has 1 heterocycles. The monoisotopic (exact) mass is 310 g/mol. The molecular formula is C13H14N2O5S. The molecule has 0 bridgehead atoms. The molecule has 0 saturated carbocycles. The number of rotatable bonds is 3. The van der Waals surface area contributed by atoms with Gasteiger partial charge in [-0.3, -0.25) is 0 Å². The van der Waals surface area contributed by atoms with Crippen molar-refractivity contribution in [2.24, 2.45) is 4.40 Å². The van der Waals surface area contributed by atoms with Crippen molar-refractivity contribution < 1.29 is 22.7 Å². The number of methoxy groups -OCH3 is 2. The lowest BCUT2D eigenvalue weighted by Crippen LogP contribution is -2.33. The number of hydrogen-bond donors (Lipinski definition) is 0. The zero-order valence-electron chi connectivity index (χ0n) is 11.7. The molecule has 21 heavy (non-hydrogen) atoms. The van der Waals surface area contributed by atoms with Crippen LogP contribution in [0.1, 0.15) is 5.56 Å². The molecule has 1 aliphatic rings. The van der Waals surface area contributed by atoms with Gasteiger partial charge in [0.2, 0.25) is 0 Å². The lowest BCUT2D eigenvalue weighted by atomic mass is 10.1. The van der Waals surface area contributed by atoms with Gasteiger partial charge in [-0.15, -0.1) is 4.40 Å². The number of benzene rings is 1. The fourth-order valence-corrected chi connectivity index (χ4v) is 2.67. The summed E-state index contributed by atoms with van der Waals surface area (Å²) in [6, 6.07) is 6.73. The molecule has 1 aromatic rings. The molecule has 0 spiro atoms. The average molecular weight is 310 g/mol. The number of nitrogens with zero attached hydrogens (tertiary/aromatic N) is 2. The minimum Gasteiger partial charge on any atom is -0.497 e. The van der Waals surface area contributed by atoms with E-state index in [0.29, 0.717) is 11.3 Å². The summed E-state index contributed by atoms with van der Waals surface area (Å²) in [5.74, 6) is -0.198. The van der Waals surface area contributed by atoms with E-state index in [-0.39, 0.29) is 11.4 Å². The van der Waals surface area contributed by atoms with Crippen LogP contribution >= 0.6 is 0 Å². The van der Waals surface area contributed by atoms with Crippen molar-refractivity contribution >= 4 is 21.9 Å². The van der Waals surface area contributed by atoms with Gasteiger partial charge < -0.3 is 9.47 Å². The summed E-state index contributed by atoms with van der Waals surface area (Å²) >= 11 is 0. The maximum absolute atomic E-state index is 12.0. The first-order chi connectivity index (χ1) is 9.89. The van der Waals surface area contributed by atoms with E-state index in [1.807, 2.05) is 0 Å². The van der Waals surface area contributed by atoms with Crippen LogP contribution in [0.15, 0.2) is 40.4 Å². The zero-order chi connectivity index (χ0) is 15.6. The molecule has 0 saturated heterocycles. The fraction of sp³-hybridized carbons (Fsp3) is 0.231. The molecule has 1 aromatic carbocycles. The first-order valence-corrected chi connectivity index (χ1v) is 7.32. The van der Waals surface area contributed by atoms with Crippen LogP contribution in [0, 0.1) is 0 Å². The van der Waals surface area contributed by atoms with Crippen LogP contribution in [0.4, 0.5) is 0 Å². The maximum atomic E-state index is 12.0. The van der Waals surface area contributed by atoms with Crippen LogP contribution in [0.25, 0.3) is 0 Å². The van der Waals surface area contributed by atoms with Gasteiger partial charge in [0.25, 0.3) is 0 Å². The van der Waals surface area contributed by atoms with Gasteiger partial charge in [-0.1, -0.05) is 12.1 Å². The second-order valence-corrected chi connectivity index (χ2v) is 5.80. The Bertz CT molecular complexity index is 737. The number of allylic oxidation sites excluding steroid dienone is 1. The third kappa shape index (κ3) is 2.89. The summed E-state index contributed by atoms with van der Waals surface area (Å²) in [4.78, 5) is 11.7. The molecular weight excluding hydrogens is 296 g/mol. The van der Waals surface area contributed by atoms with Crippen molar-refractivity contribution in [3.63, 3.8) is 0 Å². The van der Waals surface area contributed by atoms with E-state index in [1.54, 1.807) is 24.3 Å². The number of ether oxygens (including phenoxy) is 2. The molecule has 112 valence electrons. The van der Waals surface area contributed by atoms with Crippen LogP contribution in [0.2, 0.25) is 0 Å². The number of carbonyl (C=O) groups excluding carboxylic acids is 1. The molecule has 2 rings (SSSR count). The average Bonchev–Trinajstić information content (AvgIpc) is 2.49. The predicted molar refractivity (Wildman–Crippen MR) is 76.3 cm³/mol. The summed E-state index contributed by atoms with van der Waals surface area (Å²) in [6.07, 6.45) is 1.36. The molecule has 0 unspecified atom stereocenters. The van der Waals surface area contributed by atoms with Crippen LogP contribution in [0.5, 0.6) is 5.75 Å². The second-order valence-electron chi connectivity index (χ2n) is 4.17. The van der Waals surface area contributed by atoms with E-state index < -0.39 is 16.2 Å². The van der Waals surface area contributed by atoms with Gasteiger partial charge in [0, 0.05) is 12.6 Å². The smallest absolute Gasteiger partial charge is 0.355 e. The van der Waals surface area contributed by atoms with E-state index in [2.05, 4.69) is 9.13 Å². The highest BCUT2D eigenvalue weighted by molar-refractivity contribution is 7.88. The van der Waals surface area contributed by atoms with Crippen LogP contribution in [-0.2, 0) is 19.7 Å². The lowest BCUT2D eigenvalue weighted by molar-refractivity contribution is -0.137. The van der Waals surface area contributed by atoms with Gasteiger partial charge >= 0.3 is 16.2 Å². The minimum atomic E-state index is -3.97. The summed E-state index contributed by atoms with van der Waals surface area (Å²) in [7, 11) is -0.0481. The van der Waals surface area contributed by atoms with Gasteiger partial charge in [-0.2, -0.15) is 8.42 Å². The Kier molecular flexibility index (Phi) is 3.99. The summed E-state index contributed by atoms with van der Waals surface area (Å²) in [6.45, 7) is 0. The summed E-state index contributed by atoms with van der Waals surface area (Å²) in [5.41, 5.74) is 0.560. The van der Waals surface area contributed by atoms with Crippen LogP contribution < -0.4 is 4.74 Å². The Morgan fingerprint density at radius 2 is 2.00 bits per heavy atom. The topological polar surface area (TPSA) is 85.3 Å². The highest BCUT2D eigenvalue weighted by Crippen LogP contribution is 2.22. The molecule has 0 atom stereocenters. The SMILES string of the molecule is COC(=O)C1=CC(c2cccc(OC)c2)=NS(=O)(=O)N1C. The van der Waals surface area contributed by atoms with Crippen LogP contribution in [0.3, 0.4) is 0 Å². The second kappa shape index (κ2) is 5.57.